The summed E-state index contributed by atoms with van der Waals surface area (Å²) < 4.78 is 4.70. The molecule has 0 fully saturated rings. The van der Waals surface area contributed by atoms with Gasteiger partial charge in [-0.2, -0.15) is 0 Å². The molecule has 0 spiro atoms. The summed E-state index contributed by atoms with van der Waals surface area (Å²) in [7, 11) is 1.72. The summed E-state index contributed by atoms with van der Waals surface area (Å²) >= 11 is 1.76. The van der Waals surface area contributed by atoms with Crippen molar-refractivity contribution in [1.82, 2.24) is 0 Å². The van der Waals surface area contributed by atoms with Crippen LogP contribution in [0.25, 0.3) is 0 Å². The maximum absolute atomic E-state index is 4.70. The standard InChI is InChI=1S/C3H7O.Re/c1-3-4-2;/h1,3H2,2H3;. The topological polar surface area (TPSA) is 9.23 Å². The number of hydrogen-bond acceptors (Lipinski definition) is 1. The van der Waals surface area contributed by atoms with E-state index >= 15 is 0 Å². The minimum absolute atomic E-state index is 0.914. The molecule has 0 radical (unpaired) electrons. The molecule has 0 aromatic rings. The Bertz CT molecular complexity index is 14.4. The molecule has 0 rings (SSSR count). The summed E-state index contributed by atoms with van der Waals surface area (Å²) in [6.07, 6.45) is 0. The third kappa shape index (κ3) is 4.62. The van der Waals surface area contributed by atoms with Gasteiger partial charge in [0.25, 0.3) is 0 Å². The molecule has 1 nitrogen and oxygen atoms in total. The first-order chi connectivity index (χ1) is 2.41. The van der Waals surface area contributed by atoms with Gasteiger partial charge in [0.2, 0.25) is 0 Å². The van der Waals surface area contributed by atoms with Crippen molar-refractivity contribution in [2.45, 2.75) is 4.89 Å². The zero-order chi connectivity index (χ0) is 4.12. The van der Waals surface area contributed by atoms with Crippen LogP contribution >= 0.6 is 0 Å². The molecular weight excluding hydrogens is 238 g/mol. The fourth-order valence-electron chi connectivity index (χ4n) is 0.0772. The van der Waals surface area contributed by atoms with Crippen LogP contribution in [0, 0.1) is 0 Å². The molecule has 0 aromatic carbocycles. The molecule has 0 aliphatic heterocycles. The molecule has 0 atom stereocenters. The summed E-state index contributed by atoms with van der Waals surface area (Å²) in [6, 6.07) is 0. The summed E-state index contributed by atoms with van der Waals surface area (Å²) in [5.74, 6) is 0. The monoisotopic (exact) mass is 246 g/mol. The molecule has 0 saturated heterocycles. The maximum atomic E-state index is 4.70. The van der Waals surface area contributed by atoms with Crippen LogP contribution in [0.1, 0.15) is 0 Å². The molecule has 5 heavy (non-hydrogen) atoms. The Kier molecular flexibility index (Phi) is 5.20. The van der Waals surface area contributed by atoms with Gasteiger partial charge in [-0.25, -0.2) is 0 Å². The average Bonchev–Trinajstić information content (AvgIpc) is 1.41. The zero-order valence-electron chi connectivity index (χ0n) is 3.20. The molecule has 0 bridgehead atoms. The molecule has 0 aliphatic carbocycles. The molecule has 32 valence electrons. The molecular formula is C3H7ORe. The first-order valence-corrected chi connectivity index (χ1v) is 3.38. The second kappa shape index (κ2) is 4.62. The average molecular weight is 245 g/mol. The van der Waals surface area contributed by atoms with Gasteiger partial charge in [0.15, 0.2) is 0 Å². The Morgan fingerprint density at radius 1 is 1.80 bits per heavy atom. The summed E-state index contributed by atoms with van der Waals surface area (Å²) in [5.41, 5.74) is 0. The van der Waals surface area contributed by atoms with Crippen LogP contribution in [0.3, 0.4) is 0 Å². The van der Waals surface area contributed by atoms with Crippen LogP contribution in [0.5, 0.6) is 0 Å². The Hall–Kier alpha value is 0.622. The second-order valence-electron chi connectivity index (χ2n) is 0.682. The Balaban J connectivity index is 2.19. The van der Waals surface area contributed by atoms with Crippen molar-refractivity contribution in [3.63, 3.8) is 0 Å². The fraction of sp³-hybridized carbons (Fsp3) is 1.00. The van der Waals surface area contributed by atoms with Crippen LogP contribution in [0.15, 0.2) is 0 Å². The van der Waals surface area contributed by atoms with Crippen molar-refractivity contribution in [3.8, 4) is 0 Å². The van der Waals surface area contributed by atoms with E-state index in [1.165, 1.54) is 4.89 Å². The van der Waals surface area contributed by atoms with E-state index in [0.29, 0.717) is 0 Å². The molecule has 0 saturated carbocycles. The van der Waals surface area contributed by atoms with Crippen molar-refractivity contribution < 1.29 is 23.9 Å². The van der Waals surface area contributed by atoms with Crippen LogP contribution in [0.4, 0.5) is 0 Å². The zero-order valence-corrected chi connectivity index (χ0v) is 5.92. The third-order valence-electron chi connectivity index (χ3n) is 0.281. The summed E-state index contributed by atoms with van der Waals surface area (Å²) in [4.78, 5) is 1.18. The van der Waals surface area contributed by atoms with Gasteiger partial charge in [-0.15, -0.1) is 0 Å². The van der Waals surface area contributed by atoms with E-state index in [4.69, 9.17) is 4.74 Å². The van der Waals surface area contributed by atoms with Gasteiger partial charge in [-0.05, 0) is 0 Å². The van der Waals surface area contributed by atoms with E-state index in [2.05, 4.69) is 0 Å². The number of ether oxygens (including phenoxy) is 1. The van der Waals surface area contributed by atoms with Crippen LogP contribution < -0.4 is 0 Å². The van der Waals surface area contributed by atoms with Gasteiger partial charge in [-0.3, -0.25) is 0 Å². The second-order valence-corrected chi connectivity index (χ2v) is 2.04. The number of methoxy groups -OCH3 is 1. The van der Waals surface area contributed by atoms with Crippen LogP contribution in [-0.2, 0) is 23.9 Å². The van der Waals surface area contributed by atoms with Crippen LogP contribution in [0.2, 0.25) is 4.89 Å². The van der Waals surface area contributed by atoms with Crippen molar-refractivity contribution in [1.29, 1.82) is 0 Å². The number of hydrogen-bond donors (Lipinski definition) is 0. The van der Waals surface area contributed by atoms with E-state index in [-0.39, 0.29) is 0 Å². The van der Waals surface area contributed by atoms with E-state index in [0.717, 1.165) is 6.61 Å². The van der Waals surface area contributed by atoms with Crippen molar-refractivity contribution in [3.05, 3.63) is 0 Å². The first kappa shape index (κ1) is 5.62. The normalized spacial score (nSPS) is 8.40. The fourth-order valence-corrected chi connectivity index (χ4v) is 0.632. The third-order valence-corrected chi connectivity index (χ3v) is 0.836. The molecule has 2 heteroatoms. The van der Waals surface area contributed by atoms with Gasteiger partial charge >= 0.3 is 42.5 Å². The molecule has 0 unspecified atom stereocenters. The predicted molar refractivity (Wildman–Crippen MR) is 16.7 cm³/mol. The van der Waals surface area contributed by atoms with E-state index < -0.39 is 0 Å². The van der Waals surface area contributed by atoms with E-state index in [9.17, 15) is 0 Å². The Morgan fingerprint density at radius 2 is 2.40 bits per heavy atom. The molecule has 0 aromatic heterocycles. The SMILES string of the molecule is COC[CH2][Re]. The van der Waals surface area contributed by atoms with Gasteiger partial charge in [0, 0.05) is 0 Å². The molecule has 0 aliphatic rings. The Labute approximate surface area is 43.1 Å². The van der Waals surface area contributed by atoms with Gasteiger partial charge in [-0.1, -0.05) is 0 Å². The quantitative estimate of drug-likeness (QED) is 0.692. The van der Waals surface area contributed by atoms with Gasteiger partial charge in [0.1, 0.15) is 0 Å². The number of rotatable bonds is 2. The molecule has 0 heterocycles. The van der Waals surface area contributed by atoms with E-state index in [1.54, 1.807) is 26.3 Å². The summed E-state index contributed by atoms with van der Waals surface area (Å²) in [5, 5.41) is 0. The molecule has 0 amide bonds. The van der Waals surface area contributed by atoms with Gasteiger partial charge in [0.05, 0.1) is 0 Å². The van der Waals surface area contributed by atoms with Crippen molar-refractivity contribution in [2.24, 2.45) is 0 Å². The van der Waals surface area contributed by atoms with Crippen molar-refractivity contribution in [2.75, 3.05) is 13.7 Å². The van der Waals surface area contributed by atoms with Crippen molar-refractivity contribution >= 4 is 0 Å². The van der Waals surface area contributed by atoms with E-state index in [1.807, 2.05) is 0 Å². The minimum atomic E-state index is 0.914. The Morgan fingerprint density at radius 3 is 2.40 bits per heavy atom. The van der Waals surface area contributed by atoms with Gasteiger partial charge < -0.3 is 0 Å². The van der Waals surface area contributed by atoms with Crippen LogP contribution in [-0.4, -0.2) is 13.7 Å². The summed E-state index contributed by atoms with van der Waals surface area (Å²) in [6.45, 7) is 0.914. The predicted octanol–water partition coefficient (Wildman–Crippen LogP) is 0.598. The first-order valence-electron chi connectivity index (χ1n) is 1.46. The molecule has 0 N–H and O–H groups in total.